The number of hydrogen-bond acceptors (Lipinski definition) is 3. The molecule has 1 saturated heterocycles. The smallest absolute Gasteiger partial charge is 0.0594 e. The SMILES string of the molecule is C=CCC(NCCC)C(C)(CC)N1CCOCC1. The van der Waals surface area contributed by atoms with Crippen LogP contribution in [0.5, 0.6) is 0 Å². The molecule has 0 saturated carbocycles. The second kappa shape index (κ2) is 7.93. The van der Waals surface area contributed by atoms with Crippen molar-refractivity contribution in [3.05, 3.63) is 12.7 Å². The third kappa shape index (κ3) is 3.81. The summed E-state index contributed by atoms with van der Waals surface area (Å²) in [4.78, 5) is 2.59. The Hall–Kier alpha value is -0.380. The number of morpholine rings is 1. The summed E-state index contributed by atoms with van der Waals surface area (Å²) in [6.45, 7) is 15.7. The molecule has 1 rings (SSSR count). The molecule has 18 heavy (non-hydrogen) atoms. The van der Waals surface area contributed by atoms with Gasteiger partial charge in [0.25, 0.3) is 0 Å². The highest BCUT2D eigenvalue weighted by Gasteiger charge is 2.37. The molecule has 0 aromatic rings. The highest BCUT2D eigenvalue weighted by atomic mass is 16.5. The summed E-state index contributed by atoms with van der Waals surface area (Å²) in [5.74, 6) is 0. The summed E-state index contributed by atoms with van der Waals surface area (Å²) in [6, 6.07) is 0.484. The number of nitrogens with one attached hydrogen (secondary N) is 1. The van der Waals surface area contributed by atoms with Crippen molar-refractivity contribution in [3.8, 4) is 0 Å². The van der Waals surface area contributed by atoms with Crippen LogP contribution in [-0.4, -0.2) is 49.3 Å². The molecule has 0 aromatic heterocycles. The van der Waals surface area contributed by atoms with E-state index in [1.165, 1.54) is 6.42 Å². The van der Waals surface area contributed by atoms with Gasteiger partial charge in [0.1, 0.15) is 0 Å². The van der Waals surface area contributed by atoms with E-state index in [1.807, 2.05) is 6.08 Å². The molecule has 2 atom stereocenters. The molecule has 0 bridgehead atoms. The van der Waals surface area contributed by atoms with Gasteiger partial charge in [-0.05, 0) is 32.7 Å². The van der Waals surface area contributed by atoms with Crippen LogP contribution in [0.3, 0.4) is 0 Å². The molecule has 106 valence electrons. The van der Waals surface area contributed by atoms with E-state index in [-0.39, 0.29) is 5.54 Å². The average Bonchev–Trinajstić information content (AvgIpc) is 2.43. The fraction of sp³-hybridized carbons (Fsp3) is 0.867. The second-order valence-electron chi connectivity index (χ2n) is 5.34. The first-order chi connectivity index (χ1) is 8.69. The Morgan fingerprint density at radius 3 is 2.56 bits per heavy atom. The van der Waals surface area contributed by atoms with Gasteiger partial charge in [0, 0.05) is 24.7 Å². The van der Waals surface area contributed by atoms with Crippen LogP contribution in [0.15, 0.2) is 12.7 Å². The maximum Gasteiger partial charge on any atom is 0.0594 e. The molecule has 0 amide bonds. The maximum absolute atomic E-state index is 5.48. The van der Waals surface area contributed by atoms with Crippen LogP contribution in [-0.2, 0) is 4.74 Å². The van der Waals surface area contributed by atoms with E-state index in [0.717, 1.165) is 45.7 Å². The Bertz CT molecular complexity index is 239. The zero-order valence-corrected chi connectivity index (χ0v) is 12.4. The fourth-order valence-corrected chi connectivity index (χ4v) is 2.81. The van der Waals surface area contributed by atoms with Crippen molar-refractivity contribution in [2.24, 2.45) is 0 Å². The summed E-state index contributed by atoms with van der Waals surface area (Å²) in [7, 11) is 0. The van der Waals surface area contributed by atoms with Crippen molar-refractivity contribution in [2.45, 2.75) is 51.6 Å². The Morgan fingerprint density at radius 1 is 1.39 bits per heavy atom. The van der Waals surface area contributed by atoms with Crippen LogP contribution in [0.25, 0.3) is 0 Å². The van der Waals surface area contributed by atoms with Crippen molar-refractivity contribution in [3.63, 3.8) is 0 Å². The molecule has 1 fully saturated rings. The number of ether oxygens (including phenoxy) is 1. The van der Waals surface area contributed by atoms with Crippen LogP contribution >= 0.6 is 0 Å². The molecule has 1 aliphatic rings. The second-order valence-corrected chi connectivity index (χ2v) is 5.34. The quantitative estimate of drug-likeness (QED) is 0.673. The summed E-state index contributed by atoms with van der Waals surface area (Å²) in [5.41, 5.74) is 0.202. The maximum atomic E-state index is 5.48. The minimum Gasteiger partial charge on any atom is -0.379 e. The Morgan fingerprint density at radius 2 is 2.06 bits per heavy atom. The van der Waals surface area contributed by atoms with Crippen molar-refractivity contribution < 1.29 is 4.74 Å². The van der Waals surface area contributed by atoms with Gasteiger partial charge in [0.05, 0.1) is 13.2 Å². The van der Waals surface area contributed by atoms with E-state index in [2.05, 4.69) is 37.6 Å². The third-order valence-corrected chi connectivity index (χ3v) is 4.24. The average molecular weight is 254 g/mol. The van der Waals surface area contributed by atoms with E-state index >= 15 is 0 Å². The van der Waals surface area contributed by atoms with Crippen LogP contribution in [0.4, 0.5) is 0 Å². The first-order valence-corrected chi connectivity index (χ1v) is 7.36. The summed E-state index contributed by atoms with van der Waals surface area (Å²) < 4.78 is 5.48. The van der Waals surface area contributed by atoms with Gasteiger partial charge >= 0.3 is 0 Å². The monoisotopic (exact) mass is 254 g/mol. The largest absolute Gasteiger partial charge is 0.379 e. The normalized spacial score (nSPS) is 22.4. The lowest BCUT2D eigenvalue weighted by molar-refractivity contribution is -0.0318. The first-order valence-electron chi connectivity index (χ1n) is 7.36. The molecular weight excluding hydrogens is 224 g/mol. The van der Waals surface area contributed by atoms with Crippen LogP contribution < -0.4 is 5.32 Å². The van der Waals surface area contributed by atoms with Crippen molar-refractivity contribution in [2.75, 3.05) is 32.8 Å². The lowest BCUT2D eigenvalue weighted by Gasteiger charge is -2.48. The highest BCUT2D eigenvalue weighted by molar-refractivity contribution is 4.99. The van der Waals surface area contributed by atoms with Crippen molar-refractivity contribution in [1.82, 2.24) is 10.2 Å². The van der Waals surface area contributed by atoms with Crippen LogP contribution in [0.2, 0.25) is 0 Å². The van der Waals surface area contributed by atoms with Gasteiger partial charge < -0.3 is 10.1 Å². The summed E-state index contributed by atoms with van der Waals surface area (Å²) in [6.07, 6.45) is 5.40. The lowest BCUT2D eigenvalue weighted by atomic mass is 9.84. The van der Waals surface area contributed by atoms with Gasteiger partial charge in [0.2, 0.25) is 0 Å². The zero-order valence-electron chi connectivity index (χ0n) is 12.4. The molecule has 1 aliphatic heterocycles. The third-order valence-electron chi connectivity index (χ3n) is 4.24. The molecule has 0 aliphatic carbocycles. The Labute approximate surface area is 113 Å². The standard InChI is InChI=1S/C15H30N2O/c1-5-8-14(16-9-6-2)15(4,7-3)17-10-12-18-13-11-17/h5,14,16H,1,6-13H2,2-4H3. The van der Waals surface area contributed by atoms with Gasteiger partial charge in [-0.3, -0.25) is 4.90 Å². The van der Waals surface area contributed by atoms with E-state index in [1.54, 1.807) is 0 Å². The summed E-state index contributed by atoms with van der Waals surface area (Å²) >= 11 is 0. The Balaban J connectivity index is 2.74. The molecule has 1 heterocycles. The van der Waals surface area contributed by atoms with Gasteiger partial charge in [-0.2, -0.15) is 0 Å². The molecule has 3 nitrogen and oxygen atoms in total. The predicted molar refractivity (Wildman–Crippen MR) is 78.0 cm³/mol. The molecule has 2 unspecified atom stereocenters. The topological polar surface area (TPSA) is 24.5 Å². The minimum absolute atomic E-state index is 0.202. The number of nitrogens with zero attached hydrogens (tertiary/aromatic N) is 1. The highest BCUT2D eigenvalue weighted by Crippen LogP contribution is 2.27. The lowest BCUT2D eigenvalue weighted by Crippen LogP contribution is -2.61. The Kier molecular flexibility index (Phi) is 6.90. The van der Waals surface area contributed by atoms with Crippen molar-refractivity contribution in [1.29, 1.82) is 0 Å². The fourth-order valence-electron chi connectivity index (χ4n) is 2.81. The molecule has 0 aromatic carbocycles. The van der Waals surface area contributed by atoms with Gasteiger partial charge in [-0.1, -0.05) is 19.9 Å². The molecule has 1 N–H and O–H groups in total. The van der Waals surface area contributed by atoms with Crippen LogP contribution in [0.1, 0.15) is 40.0 Å². The van der Waals surface area contributed by atoms with Crippen LogP contribution in [0, 0.1) is 0 Å². The summed E-state index contributed by atoms with van der Waals surface area (Å²) in [5, 5.41) is 3.71. The minimum atomic E-state index is 0.202. The molecule has 0 radical (unpaired) electrons. The number of hydrogen-bond donors (Lipinski definition) is 1. The van der Waals surface area contributed by atoms with E-state index in [0.29, 0.717) is 6.04 Å². The van der Waals surface area contributed by atoms with E-state index in [4.69, 9.17) is 4.74 Å². The van der Waals surface area contributed by atoms with E-state index < -0.39 is 0 Å². The van der Waals surface area contributed by atoms with Gasteiger partial charge in [-0.25, -0.2) is 0 Å². The van der Waals surface area contributed by atoms with Crippen molar-refractivity contribution >= 4 is 0 Å². The number of rotatable bonds is 8. The van der Waals surface area contributed by atoms with Gasteiger partial charge in [-0.15, -0.1) is 6.58 Å². The molecule has 3 heteroatoms. The molecular formula is C15H30N2O. The van der Waals surface area contributed by atoms with E-state index in [9.17, 15) is 0 Å². The first kappa shape index (κ1) is 15.7. The van der Waals surface area contributed by atoms with Gasteiger partial charge in [0.15, 0.2) is 0 Å². The molecule has 0 spiro atoms. The zero-order chi connectivity index (χ0) is 13.4. The predicted octanol–water partition coefficient (Wildman–Crippen LogP) is 2.43.